The van der Waals surface area contributed by atoms with Gasteiger partial charge in [0.05, 0.1) is 25.5 Å². The van der Waals surface area contributed by atoms with Crippen molar-refractivity contribution in [3.05, 3.63) is 54.0 Å². The van der Waals surface area contributed by atoms with Gasteiger partial charge in [-0.1, -0.05) is 31.5 Å². The Labute approximate surface area is 212 Å². The molecule has 2 saturated carbocycles. The van der Waals surface area contributed by atoms with Crippen LogP contribution in [0.5, 0.6) is 0 Å². The highest BCUT2D eigenvalue weighted by atomic mass is 16.6. The van der Waals surface area contributed by atoms with Crippen molar-refractivity contribution in [3.8, 4) is 0 Å². The number of carbonyl (C=O) groups is 2. The first-order valence-electron chi connectivity index (χ1n) is 12.8. The smallest absolute Gasteiger partial charge is 0.411 e. The molecule has 0 bridgehead atoms. The number of amides is 2. The second-order valence-corrected chi connectivity index (χ2v) is 11.0. The van der Waals surface area contributed by atoms with E-state index in [-0.39, 0.29) is 36.2 Å². The molecule has 2 aliphatic carbocycles. The first-order chi connectivity index (χ1) is 17.2. The van der Waals surface area contributed by atoms with Gasteiger partial charge in [0.15, 0.2) is 0 Å². The molecule has 8 nitrogen and oxygen atoms in total. The summed E-state index contributed by atoms with van der Waals surface area (Å²) in [6, 6.07) is 11.1. The fourth-order valence-corrected chi connectivity index (χ4v) is 6.56. The summed E-state index contributed by atoms with van der Waals surface area (Å²) in [4.78, 5) is 25.5. The van der Waals surface area contributed by atoms with E-state index in [2.05, 4.69) is 17.6 Å². The average molecular weight is 499 g/mol. The van der Waals surface area contributed by atoms with E-state index in [1.54, 1.807) is 18.4 Å². The average Bonchev–Trinajstić information content (AvgIpc) is 3.37. The predicted molar refractivity (Wildman–Crippen MR) is 135 cm³/mol. The minimum Gasteiger partial charge on any atom is -0.467 e. The fourth-order valence-electron chi connectivity index (χ4n) is 6.56. The zero-order valence-corrected chi connectivity index (χ0v) is 21.3. The van der Waals surface area contributed by atoms with E-state index in [4.69, 9.17) is 9.15 Å². The predicted octanol–water partition coefficient (Wildman–Crippen LogP) is 4.40. The maximum Gasteiger partial charge on any atom is 0.411 e. The van der Waals surface area contributed by atoms with Crippen LogP contribution in [0, 0.1) is 29.6 Å². The Morgan fingerprint density at radius 3 is 2.56 bits per heavy atom. The molecular weight excluding hydrogens is 460 g/mol. The van der Waals surface area contributed by atoms with Crippen molar-refractivity contribution in [1.82, 2.24) is 5.32 Å². The monoisotopic (exact) mass is 498 g/mol. The molecule has 4 rings (SSSR count). The third-order valence-electron chi connectivity index (χ3n) is 8.67. The fraction of sp³-hybridized carbons (Fsp3) is 0.571. The quantitative estimate of drug-likeness (QED) is 0.449. The van der Waals surface area contributed by atoms with E-state index in [0.29, 0.717) is 43.7 Å². The second-order valence-electron chi connectivity index (χ2n) is 11.0. The molecule has 8 heteroatoms. The minimum absolute atomic E-state index is 0.0211. The molecule has 0 aliphatic heterocycles. The van der Waals surface area contributed by atoms with Crippen LogP contribution in [0.15, 0.2) is 47.1 Å². The Morgan fingerprint density at radius 1 is 1.14 bits per heavy atom. The minimum atomic E-state index is -0.694. The zero-order valence-electron chi connectivity index (χ0n) is 21.3. The molecule has 6 unspecified atom stereocenters. The number of benzene rings is 1. The Kier molecular flexibility index (Phi) is 7.76. The molecule has 1 heterocycles. The molecule has 0 radical (unpaired) electrons. The third kappa shape index (κ3) is 5.30. The van der Waals surface area contributed by atoms with Crippen molar-refractivity contribution in [2.75, 3.05) is 11.9 Å². The first-order valence-corrected chi connectivity index (χ1v) is 12.8. The van der Waals surface area contributed by atoms with E-state index >= 15 is 0 Å². The van der Waals surface area contributed by atoms with Gasteiger partial charge in [-0.2, -0.15) is 0 Å². The van der Waals surface area contributed by atoms with Crippen molar-refractivity contribution in [1.29, 1.82) is 0 Å². The van der Waals surface area contributed by atoms with Crippen LogP contribution in [0.1, 0.15) is 57.3 Å². The van der Waals surface area contributed by atoms with Gasteiger partial charge in [0.25, 0.3) is 0 Å². The summed E-state index contributed by atoms with van der Waals surface area (Å²) >= 11 is 0. The summed E-state index contributed by atoms with van der Waals surface area (Å²) < 4.78 is 11.2. The summed E-state index contributed by atoms with van der Waals surface area (Å²) in [7, 11) is 0. The van der Waals surface area contributed by atoms with Crippen molar-refractivity contribution in [2.24, 2.45) is 22.7 Å². The lowest BCUT2D eigenvalue weighted by Gasteiger charge is -2.60. The number of aliphatic hydroxyl groups is 2. The molecule has 1 aromatic heterocycles. The van der Waals surface area contributed by atoms with Gasteiger partial charge >= 0.3 is 6.09 Å². The summed E-state index contributed by atoms with van der Waals surface area (Å²) in [5, 5.41) is 27.2. The molecule has 6 atom stereocenters. The first kappa shape index (κ1) is 26.2. The molecule has 196 valence electrons. The Balaban J connectivity index is 1.45. The van der Waals surface area contributed by atoms with Crippen LogP contribution in [-0.2, 0) is 16.1 Å². The summed E-state index contributed by atoms with van der Waals surface area (Å²) in [5.74, 6) is 0.248. The summed E-state index contributed by atoms with van der Waals surface area (Å²) in [6.07, 6.45) is 2.58. The number of fused-ring (bicyclic) bond motifs is 1. The van der Waals surface area contributed by atoms with Gasteiger partial charge < -0.3 is 24.7 Å². The maximum absolute atomic E-state index is 12.8. The number of furan rings is 1. The number of carbonyl (C=O) groups excluding carboxylic acids is 2. The van der Waals surface area contributed by atoms with Crippen molar-refractivity contribution in [2.45, 2.75) is 71.6 Å². The van der Waals surface area contributed by atoms with Gasteiger partial charge in [-0.15, -0.1) is 0 Å². The lowest BCUT2D eigenvalue weighted by atomic mass is 9.46. The Bertz CT molecular complexity index is 1040. The number of rotatable bonds is 7. The van der Waals surface area contributed by atoms with Gasteiger partial charge in [0.2, 0.25) is 5.91 Å². The molecule has 2 fully saturated rings. The van der Waals surface area contributed by atoms with E-state index in [1.165, 1.54) is 0 Å². The highest BCUT2D eigenvalue weighted by molar-refractivity contribution is 5.84. The third-order valence-corrected chi connectivity index (χ3v) is 8.67. The standard InChI is InChI=1S/C28H38N2O6/c1-18-6-8-19(9-7-18)30-26(34)36-24-12-13-27(2)21(15-25(33)29-16-20-5-4-14-35-20)22(32)10-11-23(27)28(24,3)17-31/h4-9,14,21-24,31-32H,10-13,15-17H2,1-3H3,(H,29,33)(H,30,34). The molecule has 2 aromatic rings. The molecule has 36 heavy (non-hydrogen) atoms. The largest absolute Gasteiger partial charge is 0.467 e. The van der Waals surface area contributed by atoms with Crippen LogP contribution >= 0.6 is 0 Å². The van der Waals surface area contributed by atoms with Gasteiger partial charge in [-0.05, 0) is 74.1 Å². The number of aliphatic hydroxyl groups excluding tert-OH is 2. The maximum atomic E-state index is 12.8. The van der Waals surface area contributed by atoms with Crippen molar-refractivity contribution < 1.29 is 29.0 Å². The van der Waals surface area contributed by atoms with Crippen molar-refractivity contribution >= 4 is 17.7 Å². The van der Waals surface area contributed by atoms with Crippen LogP contribution in [-0.4, -0.2) is 41.0 Å². The van der Waals surface area contributed by atoms with Crippen LogP contribution in [0.25, 0.3) is 0 Å². The van der Waals surface area contributed by atoms with E-state index in [1.807, 2.05) is 38.1 Å². The number of hydrogen-bond donors (Lipinski definition) is 4. The van der Waals surface area contributed by atoms with Crippen LogP contribution in [0.4, 0.5) is 10.5 Å². The van der Waals surface area contributed by atoms with Gasteiger partial charge in [0.1, 0.15) is 11.9 Å². The van der Waals surface area contributed by atoms with Crippen LogP contribution in [0.3, 0.4) is 0 Å². The molecule has 2 aliphatic rings. The number of ether oxygens (including phenoxy) is 1. The molecule has 0 saturated heterocycles. The molecule has 4 N–H and O–H groups in total. The van der Waals surface area contributed by atoms with E-state index < -0.39 is 23.7 Å². The number of hydrogen-bond acceptors (Lipinski definition) is 6. The van der Waals surface area contributed by atoms with Gasteiger partial charge in [0, 0.05) is 17.5 Å². The van der Waals surface area contributed by atoms with Gasteiger partial charge in [-0.3, -0.25) is 10.1 Å². The molecule has 1 aromatic carbocycles. The molecular formula is C28H38N2O6. The lowest BCUT2D eigenvalue weighted by Crippen LogP contribution is -2.61. The van der Waals surface area contributed by atoms with Crippen LogP contribution in [0.2, 0.25) is 0 Å². The molecule has 0 spiro atoms. The van der Waals surface area contributed by atoms with E-state index in [9.17, 15) is 19.8 Å². The second kappa shape index (κ2) is 10.6. The van der Waals surface area contributed by atoms with Crippen molar-refractivity contribution in [3.63, 3.8) is 0 Å². The highest BCUT2D eigenvalue weighted by Crippen LogP contribution is 2.61. The topological polar surface area (TPSA) is 121 Å². The summed E-state index contributed by atoms with van der Waals surface area (Å²) in [6.45, 7) is 6.20. The van der Waals surface area contributed by atoms with E-state index in [0.717, 1.165) is 5.56 Å². The number of nitrogens with one attached hydrogen (secondary N) is 2. The normalized spacial score (nSPS) is 31.8. The summed E-state index contributed by atoms with van der Waals surface area (Å²) in [5.41, 5.74) is 0.667. The number of aryl methyl sites for hydroxylation is 1. The number of anilines is 1. The molecule has 2 amide bonds. The van der Waals surface area contributed by atoms with Gasteiger partial charge in [-0.25, -0.2) is 4.79 Å². The lowest BCUT2D eigenvalue weighted by molar-refractivity contribution is -0.185. The van der Waals surface area contributed by atoms with Crippen LogP contribution < -0.4 is 10.6 Å². The zero-order chi connectivity index (χ0) is 25.9. The highest BCUT2D eigenvalue weighted by Gasteiger charge is 2.60. The Hall–Kier alpha value is -2.84. The SMILES string of the molecule is Cc1ccc(NC(=O)OC2CCC3(C)C(CC(=O)NCc4ccco4)C(O)CCC3C2(C)CO)cc1. The Morgan fingerprint density at radius 2 is 1.89 bits per heavy atom.